The minimum absolute atomic E-state index is 0.215. The van der Waals surface area contributed by atoms with Crippen molar-refractivity contribution < 1.29 is 4.92 Å². The van der Waals surface area contributed by atoms with Crippen LogP contribution in [0, 0.1) is 17.0 Å². The lowest BCUT2D eigenvalue weighted by molar-refractivity contribution is -0.385. The Hall–Kier alpha value is -1.83. The highest BCUT2D eigenvalue weighted by atomic mass is 32.1. The highest BCUT2D eigenvalue weighted by Crippen LogP contribution is 2.21. The third kappa shape index (κ3) is 4.37. The summed E-state index contributed by atoms with van der Waals surface area (Å²) in [5, 5.41) is 13.2. The molecule has 2 heterocycles. The van der Waals surface area contributed by atoms with Crippen molar-refractivity contribution >= 4 is 17.0 Å². The second kappa shape index (κ2) is 7.83. The van der Waals surface area contributed by atoms with Crippen LogP contribution in [0.1, 0.15) is 23.2 Å². The molecule has 1 fully saturated rings. The third-order valence-corrected chi connectivity index (χ3v) is 5.06. The van der Waals surface area contributed by atoms with Gasteiger partial charge in [-0.25, -0.2) is 4.98 Å². The van der Waals surface area contributed by atoms with Gasteiger partial charge in [0.25, 0.3) is 5.69 Å². The molecule has 128 valence electrons. The number of nitro groups is 1. The first-order valence-corrected chi connectivity index (χ1v) is 9.12. The smallest absolute Gasteiger partial charge is 0.272 e. The molecule has 24 heavy (non-hydrogen) atoms. The fourth-order valence-electron chi connectivity index (χ4n) is 3.09. The van der Waals surface area contributed by atoms with E-state index in [9.17, 15) is 10.1 Å². The Kier molecular flexibility index (Phi) is 5.55. The minimum atomic E-state index is -0.295. The SMILES string of the molecule is Cc1ccc(CN2CCCN(Cc3cscn3)CC2)cc1[N+](=O)[O-]. The molecule has 7 heteroatoms. The summed E-state index contributed by atoms with van der Waals surface area (Å²) in [6, 6.07) is 5.56. The Labute approximate surface area is 145 Å². The monoisotopic (exact) mass is 346 g/mol. The Morgan fingerprint density at radius 1 is 1.21 bits per heavy atom. The van der Waals surface area contributed by atoms with Crippen LogP contribution in [0.4, 0.5) is 5.69 Å². The number of nitrogens with zero attached hydrogens (tertiary/aromatic N) is 4. The van der Waals surface area contributed by atoms with Gasteiger partial charge in [-0.1, -0.05) is 12.1 Å². The zero-order valence-electron chi connectivity index (χ0n) is 13.9. The number of rotatable bonds is 5. The molecule has 0 amide bonds. The van der Waals surface area contributed by atoms with Gasteiger partial charge in [0.2, 0.25) is 0 Å². The molecule has 1 aromatic heterocycles. The summed E-state index contributed by atoms with van der Waals surface area (Å²) in [5.41, 5.74) is 4.97. The van der Waals surface area contributed by atoms with Gasteiger partial charge in [-0.15, -0.1) is 11.3 Å². The van der Waals surface area contributed by atoms with E-state index in [2.05, 4.69) is 20.2 Å². The lowest BCUT2D eigenvalue weighted by atomic mass is 10.1. The quantitative estimate of drug-likeness (QED) is 0.615. The molecule has 0 radical (unpaired) electrons. The Bertz CT molecular complexity index is 690. The van der Waals surface area contributed by atoms with Crippen molar-refractivity contribution in [3.05, 3.63) is 56.0 Å². The van der Waals surface area contributed by atoms with Gasteiger partial charge in [0.15, 0.2) is 0 Å². The van der Waals surface area contributed by atoms with Crippen LogP contribution in [0.15, 0.2) is 29.1 Å². The highest BCUT2D eigenvalue weighted by Gasteiger charge is 2.17. The van der Waals surface area contributed by atoms with Crippen molar-refractivity contribution in [2.75, 3.05) is 26.2 Å². The first kappa shape index (κ1) is 17.0. The van der Waals surface area contributed by atoms with Crippen LogP contribution in [0.25, 0.3) is 0 Å². The van der Waals surface area contributed by atoms with Gasteiger partial charge in [-0.3, -0.25) is 19.9 Å². The van der Waals surface area contributed by atoms with E-state index in [1.54, 1.807) is 24.3 Å². The highest BCUT2D eigenvalue weighted by molar-refractivity contribution is 7.07. The number of hydrogen-bond acceptors (Lipinski definition) is 6. The molecule has 2 aromatic rings. The van der Waals surface area contributed by atoms with Crippen molar-refractivity contribution in [2.24, 2.45) is 0 Å². The van der Waals surface area contributed by atoms with Crippen LogP contribution < -0.4 is 0 Å². The average Bonchev–Trinajstić information content (AvgIpc) is 2.96. The van der Waals surface area contributed by atoms with Crippen molar-refractivity contribution in [1.82, 2.24) is 14.8 Å². The zero-order chi connectivity index (χ0) is 16.9. The maximum absolute atomic E-state index is 11.1. The largest absolute Gasteiger partial charge is 0.298 e. The van der Waals surface area contributed by atoms with Gasteiger partial charge >= 0.3 is 0 Å². The number of thiazole rings is 1. The minimum Gasteiger partial charge on any atom is -0.298 e. The van der Waals surface area contributed by atoms with E-state index in [0.717, 1.165) is 56.9 Å². The van der Waals surface area contributed by atoms with Crippen LogP contribution in [0.5, 0.6) is 0 Å². The van der Waals surface area contributed by atoms with Crippen molar-refractivity contribution in [1.29, 1.82) is 0 Å². The van der Waals surface area contributed by atoms with Crippen LogP contribution in [-0.4, -0.2) is 45.9 Å². The number of benzene rings is 1. The summed E-state index contributed by atoms with van der Waals surface area (Å²) >= 11 is 1.64. The first-order valence-electron chi connectivity index (χ1n) is 8.17. The maximum Gasteiger partial charge on any atom is 0.272 e. The molecule has 1 aliphatic rings. The van der Waals surface area contributed by atoms with Gasteiger partial charge in [0, 0.05) is 43.2 Å². The Balaban J connectivity index is 1.58. The van der Waals surface area contributed by atoms with E-state index in [0.29, 0.717) is 5.56 Å². The lowest BCUT2D eigenvalue weighted by Gasteiger charge is -2.21. The topological polar surface area (TPSA) is 62.5 Å². The fraction of sp³-hybridized carbons (Fsp3) is 0.471. The van der Waals surface area contributed by atoms with E-state index >= 15 is 0 Å². The summed E-state index contributed by atoms with van der Waals surface area (Å²) in [5.74, 6) is 0. The predicted molar refractivity (Wildman–Crippen MR) is 95.1 cm³/mol. The average molecular weight is 346 g/mol. The van der Waals surface area contributed by atoms with E-state index in [-0.39, 0.29) is 10.6 Å². The van der Waals surface area contributed by atoms with Crippen molar-refractivity contribution in [2.45, 2.75) is 26.4 Å². The molecule has 0 aliphatic carbocycles. The molecule has 0 N–H and O–H groups in total. The molecule has 0 saturated carbocycles. The molecule has 0 unspecified atom stereocenters. The zero-order valence-corrected chi connectivity index (χ0v) is 14.7. The van der Waals surface area contributed by atoms with Gasteiger partial charge in [0.1, 0.15) is 0 Å². The van der Waals surface area contributed by atoms with E-state index < -0.39 is 0 Å². The van der Waals surface area contributed by atoms with Crippen LogP contribution in [0.2, 0.25) is 0 Å². The van der Waals surface area contributed by atoms with Gasteiger partial charge in [-0.05, 0) is 32.0 Å². The third-order valence-electron chi connectivity index (χ3n) is 4.43. The fourth-order valence-corrected chi connectivity index (χ4v) is 3.64. The summed E-state index contributed by atoms with van der Waals surface area (Å²) in [6.07, 6.45) is 1.11. The lowest BCUT2D eigenvalue weighted by Crippen LogP contribution is -2.30. The molecule has 1 aliphatic heterocycles. The second-order valence-electron chi connectivity index (χ2n) is 6.26. The number of nitro benzene ring substituents is 1. The molecular weight excluding hydrogens is 324 g/mol. The second-order valence-corrected chi connectivity index (χ2v) is 6.98. The standard InChI is InChI=1S/C17H22N4O2S/c1-14-3-4-15(9-17(14)21(22)23)10-19-5-2-6-20(8-7-19)11-16-12-24-13-18-16/h3-4,9,12-13H,2,5-8,10-11H2,1H3. The van der Waals surface area contributed by atoms with Gasteiger partial charge in [0.05, 0.1) is 16.1 Å². The van der Waals surface area contributed by atoms with Gasteiger partial charge < -0.3 is 0 Å². The van der Waals surface area contributed by atoms with Crippen LogP contribution >= 0.6 is 11.3 Å². The van der Waals surface area contributed by atoms with E-state index in [1.165, 1.54) is 0 Å². The van der Waals surface area contributed by atoms with E-state index in [4.69, 9.17) is 0 Å². The Morgan fingerprint density at radius 2 is 1.96 bits per heavy atom. The van der Waals surface area contributed by atoms with Crippen LogP contribution in [0.3, 0.4) is 0 Å². The Morgan fingerprint density at radius 3 is 2.62 bits per heavy atom. The summed E-state index contributed by atoms with van der Waals surface area (Å²) in [7, 11) is 0. The molecule has 3 rings (SSSR count). The number of hydrogen-bond donors (Lipinski definition) is 0. The molecule has 6 nitrogen and oxygen atoms in total. The summed E-state index contributed by atoms with van der Waals surface area (Å²) in [6.45, 7) is 7.54. The van der Waals surface area contributed by atoms with Crippen molar-refractivity contribution in [3.63, 3.8) is 0 Å². The molecular formula is C17H22N4O2S. The predicted octanol–water partition coefficient (Wildman–Crippen LogP) is 3.07. The number of aryl methyl sites for hydroxylation is 1. The molecule has 0 bridgehead atoms. The first-order chi connectivity index (χ1) is 11.6. The summed E-state index contributed by atoms with van der Waals surface area (Å²) < 4.78 is 0. The normalized spacial score (nSPS) is 16.9. The molecule has 0 spiro atoms. The van der Waals surface area contributed by atoms with E-state index in [1.807, 2.05) is 17.6 Å². The maximum atomic E-state index is 11.1. The molecule has 1 aromatic carbocycles. The summed E-state index contributed by atoms with van der Waals surface area (Å²) in [4.78, 5) is 20.0. The van der Waals surface area contributed by atoms with Crippen molar-refractivity contribution in [3.8, 4) is 0 Å². The molecule has 1 saturated heterocycles. The van der Waals surface area contributed by atoms with Gasteiger partial charge in [-0.2, -0.15) is 0 Å². The van der Waals surface area contributed by atoms with Crippen LogP contribution in [-0.2, 0) is 13.1 Å². The molecule has 0 atom stereocenters. The number of aromatic nitrogens is 1.